The van der Waals surface area contributed by atoms with E-state index in [9.17, 15) is 0 Å². The van der Waals surface area contributed by atoms with Crippen LogP contribution in [0.5, 0.6) is 0 Å². The zero-order valence-corrected chi connectivity index (χ0v) is 12.0. The summed E-state index contributed by atoms with van der Waals surface area (Å²) in [4.78, 5) is 2.73. The summed E-state index contributed by atoms with van der Waals surface area (Å²) in [6.45, 7) is 6.11. The molecule has 1 saturated carbocycles. The van der Waals surface area contributed by atoms with Gasteiger partial charge in [0, 0.05) is 25.2 Å². The van der Waals surface area contributed by atoms with Crippen molar-refractivity contribution in [2.45, 2.75) is 44.7 Å². The topological polar surface area (TPSA) is 15.3 Å². The van der Waals surface area contributed by atoms with Crippen molar-refractivity contribution in [3.8, 4) is 0 Å². The van der Waals surface area contributed by atoms with E-state index in [1.165, 1.54) is 44.5 Å². The first-order chi connectivity index (χ1) is 9.31. The Balaban J connectivity index is 1.60. The summed E-state index contributed by atoms with van der Waals surface area (Å²) < 4.78 is 0. The van der Waals surface area contributed by atoms with Crippen LogP contribution in [0.2, 0.25) is 0 Å². The largest absolute Gasteiger partial charge is 0.312 e. The van der Waals surface area contributed by atoms with Crippen LogP contribution in [0.1, 0.15) is 31.7 Å². The van der Waals surface area contributed by atoms with Crippen LogP contribution in [0.15, 0.2) is 30.3 Å². The summed E-state index contributed by atoms with van der Waals surface area (Å²) in [5.41, 5.74) is 1.46. The molecule has 2 nitrogen and oxygen atoms in total. The number of rotatable bonds is 4. The molecule has 1 aromatic rings. The van der Waals surface area contributed by atoms with E-state index in [1.54, 1.807) is 0 Å². The van der Waals surface area contributed by atoms with Gasteiger partial charge in [0.25, 0.3) is 0 Å². The van der Waals surface area contributed by atoms with Crippen LogP contribution >= 0.6 is 0 Å². The van der Waals surface area contributed by atoms with E-state index >= 15 is 0 Å². The summed E-state index contributed by atoms with van der Waals surface area (Å²) in [6.07, 6.45) is 5.37. The Morgan fingerprint density at radius 2 is 1.95 bits per heavy atom. The van der Waals surface area contributed by atoms with Crippen LogP contribution in [0.3, 0.4) is 0 Å². The molecule has 0 amide bonds. The van der Waals surface area contributed by atoms with Gasteiger partial charge in [-0.2, -0.15) is 0 Å². The van der Waals surface area contributed by atoms with E-state index in [0.29, 0.717) is 6.04 Å². The van der Waals surface area contributed by atoms with Gasteiger partial charge in [0.15, 0.2) is 0 Å². The molecule has 0 spiro atoms. The highest BCUT2D eigenvalue weighted by Gasteiger charge is 2.29. The minimum Gasteiger partial charge on any atom is -0.312 e. The monoisotopic (exact) mass is 258 g/mol. The molecule has 2 atom stereocenters. The second kappa shape index (κ2) is 6.06. The molecule has 19 heavy (non-hydrogen) atoms. The first kappa shape index (κ1) is 13.1. The van der Waals surface area contributed by atoms with Crippen LogP contribution in [-0.4, -0.2) is 36.6 Å². The zero-order valence-electron chi connectivity index (χ0n) is 12.0. The number of nitrogens with one attached hydrogen (secondary N) is 1. The van der Waals surface area contributed by atoms with Crippen molar-refractivity contribution in [2.75, 3.05) is 19.6 Å². The molecule has 0 aromatic heterocycles. The lowest BCUT2D eigenvalue weighted by Gasteiger charge is -2.29. The SMILES string of the molecule is CC1CCNC(Cc2ccccc2)CN1CC1CC1. The Morgan fingerprint density at radius 1 is 1.16 bits per heavy atom. The third kappa shape index (κ3) is 3.80. The Bertz CT molecular complexity index is 386. The Kier molecular flexibility index (Phi) is 4.19. The predicted octanol–water partition coefficient (Wildman–Crippen LogP) is 2.69. The van der Waals surface area contributed by atoms with Gasteiger partial charge in [0.2, 0.25) is 0 Å². The molecule has 2 aliphatic rings. The highest BCUT2D eigenvalue weighted by Crippen LogP contribution is 2.31. The quantitative estimate of drug-likeness (QED) is 0.893. The third-order valence-electron chi connectivity index (χ3n) is 4.59. The predicted molar refractivity (Wildman–Crippen MR) is 80.3 cm³/mol. The van der Waals surface area contributed by atoms with Gasteiger partial charge in [0.1, 0.15) is 0 Å². The van der Waals surface area contributed by atoms with E-state index in [4.69, 9.17) is 0 Å². The summed E-state index contributed by atoms with van der Waals surface area (Å²) in [7, 11) is 0. The van der Waals surface area contributed by atoms with Crippen molar-refractivity contribution in [3.63, 3.8) is 0 Å². The van der Waals surface area contributed by atoms with Crippen LogP contribution in [-0.2, 0) is 6.42 Å². The van der Waals surface area contributed by atoms with E-state index < -0.39 is 0 Å². The lowest BCUT2D eigenvalue weighted by atomic mass is 10.1. The first-order valence-corrected chi connectivity index (χ1v) is 7.82. The van der Waals surface area contributed by atoms with Gasteiger partial charge in [-0.3, -0.25) is 4.90 Å². The van der Waals surface area contributed by atoms with Crippen molar-refractivity contribution in [3.05, 3.63) is 35.9 Å². The molecular formula is C17H26N2. The molecule has 1 aliphatic heterocycles. The molecule has 1 saturated heterocycles. The van der Waals surface area contributed by atoms with Crippen LogP contribution in [0.4, 0.5) is 0 Å². The second-order valence-corrected chi connectivity index (χ2v) is 6.38. The lowest BCUT2D eigenvalue weighted by Crippen LogP contribution is -2.42. The van der Waals surface area contributed by atoms with Gasteiger partial charge in [0.05, 0.1) is 0 Å². The first-order valence-electron chi connectivity index (χ1n) is 7.82. The number of nitrogens with zero attached hydrogens (tertiary/aromatic N) is 1. The molecule has 1 N–H and O–H groups in total. The fourth-order valence-electron chi connectivity index (χ4n) is 3.13. The maximum atomic E-state index is 3.74. The molecule has 0 radical (unpaired) electrons. The zero-order chi connectivity index (χ0) is 13.1. The van der Waals surface area contributed by atoms with Gasteiger partial charge in [-0.1, -0.05) is 30.3 Å². The Labute approximate surface area is 117 Å². The average Bonchev–Trinajstić information content (AvgIpc) is 3.23. The summed E-state index contributed by atoms with van der Waals surface area (Å²) in [5, 5.41) is 3.74. The molecule has 3 rings (SSSR count). The van der Waals surface area contributed by atoms with Gasteiger partial charge in [-0.25, -0.2) is 0 Å². The van der Waals surface area contributed by atoms with E-state index in [0.717, 1.165) is 18.4 Å². The molecule has 1 aliphatic carbocycles. The standard InChI is InChI=1S/C17H26N2/c1-14-9-10-18-17(11-15-5-3-2-4-6-15)13-19(14)12-16-7-8-16/h2-6,14,16-18H,7-13H2,1H3. The minimum absolute atomic E-state index is 0.617. The molecular weight excluding hydrogens is 232 g/mol. The van der Waals surface area contributed by atoms with Gasteiger partial charge in [-0.05, 0) is 50.6 Å². The van der Waals surface area contributed by atoms with E-state index in [2.05, 4.69) is 47.5 Å². The summed E-state index contributed by atoms with van der Waals surface area (Å²) >= 11 is 0. The van der Waals surface area contributed by atoms with Gasteiger partial charge >= 0.3 is 0 Å². The van der Waals surface area contributed by atoms with E-state index in [-0.39, 0.29) is 0 Å². The number of hydrogen-bond acceptors (Lipinski definition) is 2. The van der Waals surface area contributed by atoms with Crippen LogP contribution in [0.25, 0.3) is 0 Å². The highest BCUT2D eigenvalue weighted by molar-refractivity contribution is 5.16. The minimum atomic E-state index is 0.617. The fourth-order valence-corrected chi connectivity index (χ4v) is 3.13. The fraction of sp³-hybridized carbons (Fsp3) is 0.647. The normalized spacial score (nSPS) is 29.1. The maximum absolute atomic E-state index is 3.74. The molecule has 1 aromatic carbocycles. The van der Waals surface area contributed by atoms with Crippen molar-refractivity contribution in [1.29, 1.82) is 0 Å². The molecule has 2 fully saturated rings. The Hall–Kier alpha value is -0.860. The van der Waals surface area contributed by atoms with E-state index in [1.807, 2.05) is 0 Å². The van der Waals surface area contributed by atoms with Crippen molar-refractivity contribution < 1.29 is 0 Å². The third-order valence-corrected chi connectivity index (χ3v) is 4.59. The average molecular weight is 258 g/mol. The molecule has 2 heteroatoms. The maximum Gasteiger partial charge on any atom is 0.0235 e. The highest BCUT2D eigenvalue weighted by atomic mass is 15.2. The summed E-state index contributed by atoms with van der Waals surface area (Å²) in [6, 6.07) is 12.3. The summed E-state index contributed by atoms with van der Waals surface area (Å²) in [5.74, 6) is 0.998. The van der Waals surface area contributed by atoms with Gasteiger partial charge in [-0.15, -0.1) is 0 Å². The van der Waals surface area contributed by atoms with Crippen LogP contribution < -0.4 is 5.32 Å². The number of benzene rings is 1. The van der Waals surface area contributed by atoms with Crippen molar-refractivity contribution >= 4 is 0 Å². The molecule has 104 valence electrons. The molecule has 2 unspecified atom stereocenters. The Morgan fingerprint density at radius 3 is 2.68 bits per heavy atom. The second-order valence-electron chi connectivity index (χ2n) is 6.38. The molecule has 1 heterocycles. The van der Waals surface area contributed by atoms with Gasteiger partial charge < -0.3 is 5.32 Å². The lowest BCUT2D eigenvalue weighted by molar-refractivity contribution is 0.196. The van der Waals surface area contributed by atoms with Crippen molar-refractivity contribution in [1.82, 2.24) is 10.2 Å². The van der Waals surface area contributed by atoms with Crippen molar-refractivity contribution in [2.24, 2.45) is 5.92 Å². The van der Waals surface area contributed by atoms with Crippen LogP contribution in [0, 0.1) is 5.92 Å². The molecule has 0 bridgehead atoms. The smallest absolute Gasteiger partial charge is 0.0235 e. The number of hydrogen-bond donors (Lipinski definition) is 1.